The van der Waals surface area contributed by atoms with Gasteiger partial charge in [0.15, 0.2) is 0 Å². The molecule has 1 unspecified atom stereocenters. The van der Waals surface area contributed by atoms with Crippen LogP contribution in [0.2, 0.25) is 0 Å². The maximum Gasteiger partial charge on any atom is 0.358 e. The molecule has 0 fully saturated rings. The van der Waals surface area contributed by atoms with E-state index in [-0.39, 0.29) is 0 Å². The van der Waals surface area contributed by atoms with Gasteiger partial charge in [-0.1, -0.05) is 0 Å². The Labute approximate surface area is 62.3 Å². The zero-order chi connectivity index (χ0) is 8.91. The summed E-state index contributed by atoms with van der Waals surface area (Å²) >= 11 is 0. The molecule has 0 aromatic carbocycles. The summed E-state index contributed by atoms with van der Waals surface area (Å²) in [5.41, 5.74) is 0. The van der Waals surface area contributed by atoms with Gasteiger partial charge in [0.1, 0.15) is 6.17 Å². The van der Waals surface area contributed by atoms with Gasteiger partial charge in [0.25, 0.3) is 0 Å². The fourth-order valence-electron chi connectivity index (χ4n) is 0.419. The lowest BCUT2D eigenvalue weighted by atomic mass is 10.4. The van der Waals surface area contributed by atoms with Crippen LogP contribution in [0, 0.1) is 0 Å². The van der Waals surface area contributed by atoms with Gasteiger partial charge in [0.05, 0.1) is 19.7 Å². The molecule has 0 bridgehead atoms. The zero-order valence-corrected chi connectivity index (χ0v) is 6.12. The predicted octanol–water partition coefficient (Wildman–Crippen LogP) is 2.31. The number of ether oxygens (including phenoxy) is 1. The molecule has 0 aromatic rings. The second-order valence-corrected chi connectivity index (χ2v) is 2.17. The Bertz CT molecular complexity index is 105. The van der Waals surface area contributed by atoms with Gasteiger partial charge in [-0.25, -0.2) is 4.39 Å². The van der Waals surface area contributed by atoms with Crippen molar-refractivity contribution in [2.24, 2.45) is 0 Å². The van der Waals surface area contributed by atoms with E-state index in [0.717, 1.165) is 6.92 Å². The van der Waals surface area contributed by atoms with Crippen molar-refractivity contribution in [1.29, 1.82) is 0 Å². The molecule has 1 nitrogen and oxygen atoms in total. The standard InChI is InChI=1S/C6H10F4O/c1-5(8)4-11-6(9,10)2-3-7/h5H,2-4H2,1H3. The Hall–Kier alpha value is -0.320. The first-order chi connectivity index (χ1) is 4.98. The average molecular weight is 174 g/mol. The molecule has 0 rings (SSSR count). The van der Waals surface area contributed by atoms with Crippen LogP contribution < -0.4 is 0 Å². The highest BCUT2D eigenvalue weighted by atomic mass is 19.3. The molecule has 0 saturated heterocycles. The summed E-state index contributed by atoms with van der Waals surface area (Å²) in [6, 6.07) is 0. The van der Waals surface area contributed by atoms with Crippen LogP contribution in [0.4, 0.5) is 17.6 Å². The van der Waals surface area contributed by atoms with E-state index in [1.54, 1.807) is 0 Å². The summed E-state index contributed by atoms with van der Waals surface area (Å²) in [5.74, 6) is 0. The summed E-state index contributed by atoms with van der Waals surface area (Å²) in [5, 5.41) is 0. The van der Waals surface area contributed by atoms with Crippen molar-refractivity contribution in [2.45, 2.75) is 25.6 Å². The minimum Gasteiger partial charge on any atom is -0.317 e. The Morgan fingerprint density at radius 2 is 2.00 bits per heavy atom. The van der Waals surface area contributed by atoms with Gasteiger partial charge in [-0.2, -0.15) is 8.78 Å². The number of hydrogen-bond donors (Lipinski definition) is 0. The molecule has 1 atom stereocenters. The maximum absolute atomic E-state index is 12.2. The van der Waals surface area contributed by atoms with Gasteiger partial charge in [-0.05, 0) is 6.92 Å². The molecular weight excluding hydrogens is 164 g/mol. The van der Waals surface area contributed by atoms with Gasteiger partial charge in [0.2, 0.25) is 0 Å². The summed E-state index contributed by atoms with van der Waals surface area (Å²) in [6.45, 7) is -0.786. The Morgan fingerprint density at radius 3 is 2.36 bits per heavy atom. The van der Waals surface area contributed by atoms with E-state index in [2.05, 4.69) is 4.74 Å². The molecule has 0 amide bonds. The lowest BCUT2D eigenvalue weighted by Crippen LogP contribution is -2.24. The number of hydrogen-bond acceptors (Lipinski definition) is 1. The third-order valence-electron chi connectivity index (χ3n) is 0.910. The molecule has 0 aromatic heterocycles. The monoisotopic (exact) mass is 174 g/mol. The number of rotatable bonds is 5. The SMILES string of the molecule is CC(F)COC(F)(F)CCF. The third-order valence-corrected chi connectivity index (χ3v) is 0.910. The molecule has 0 heterocycles. The summed E-state index contributed by atoms with van der Waals surface area (Å²) in [6.07, 6.45) is -6.00. The van der Waals surface area contributed by atoms with Gasteiger partial charge >= 0.3 is 6.11 Å². The summed E-state index contributed by atoms with van der Waals surface area (Å²) in [7, 11) is 0. The zero-order valence-electron chi connectivity index (χ0n) is 6.12. The van der Waals surface area contributed by atoms with Crippen molar-refractivity contribution >= 4 is 0 Å². The predicted molar refractivity (Wildman–Crippen MR) is 32.1 cm³/mol. The van der Waals surface area contributed by atoms with E-state index in [9.17, 15) is 17.6 Å². The van der Waals surface area contributed by atoms with Crippen LogP contribution in [-0.4, -0.2) is 25.6 Å². The first-order valence-electron chi connectivity index (χ1n) is 3.20. The van der Waals surface area contributed by atoms with E-state index < -0.39 is 32.0 Å². The largest absolute Gasteiger partial charge is 0.358 e. The quantitative estimate of drug-likeness (QED) is 0.581. The molecule has 5 heteroatoms. The Balaban J connectivity index is 3.54. The molecule has 0 N–H and O–H groups in total. The number of halogens is 4. The third kappa shape index (κ3) is 6.09. The molecule has 0 aliphatic rings. The Morgan fingerprint density at radius 1 is 1.45 bits per heavy atom. The smallest absolute Gasteiger partial charge is 0.317 e. The molecule has 0 spiro atoms. The fourth-order valence-corrected chi connectivity index (χ4v) is 0.419. The Kier molecular flexibility index (Phi) is 4.40. The van der Waals surface area contributed by atoms with Crippen LogP contribution in [0.25, 0.3) is 0 Å². The van der Waals surface area contributed by atoms with Gasteiger partial charge in [0, 0.05) is 0 Å². The maximum atomic E-state index is 12.2. The van der Waals surface area contributed by atoms with Crippen molar-refractivity contribution in [3.8, 4) is 0 Å². The second kappa shape index (κ2) is 4.54. The van der Waals surface area contributed by atoms with E-state index in [1.165, 1.54) is 0 Å². The minimum atomic E-state index is -3.53. The van der Waals surface area contributed by atoms with Gasteiger partial charge in [-0.15, -0.1) is 0 Å². The molecule has 11 heavy (non-hydrogen) atoms. The summed E-state index contributed by atoms with van der Waals surface area (Å²) < 4.78 is 51.4. The van der Waals surface area contributed by atoms with Crippen molar-refractivity contribution < 1.29 is 22.3 Å². The van der Waals surface area contributed by atoms with Crippen molar-refractivity contribution in [2.75, 3.05) is 13.3 Å². The molecule has 0 aliphatic carbocycles. The lowest BCUT2D eigenvalue weighted by Gasteiger charge is -2.15. The van der Waals surface area contributed by atoms with Crippen LogP contribution >= 0.6 is 0 Å². The van der Waals surface area contributed by atoms with Crippen LogP contribution in [0.5, 0.6) is 0 Å². The number of alkyl halides is 4. The van der Waals surface area contributed by atoms with Crippen molar-refractivity contribution in [1.82, 2.24) is 0 Å². The highest BCUT2D eigenvalue weighted by molar-refractivity contribution is 4.53. The normalized spacial score (nSPS) is 15.0. The van der Waals surface area contributed by atoms with Crippen molar-refractivity contribution in [3.63, 3.8) is 0 Å². The van der Waals surface area contributed by atoms with Crippen LogP contribution in [0.1, 0.15) is 13.3 Å². The molecule has 0 aliphatic heterocycles. The van der Waals surface area contributed by atoms with Gasteiger partial charge in [-0.3, -0.25) is 4.39 Å². The second-order valence-electron chi connectivity index (χ2n) is 2.17. The van der Waals surface area contributed by atoms with Crippen LogP contribution in [-0.2, 0) is 4.74 Å². The van der Waals surface area contributed by atoms with E-state index >= 15 is 0 Å². The molecule has 0 radical (unpaired) electrons. The molecule has 0 saturated carbocycles. The fraction of sp³-hybridized carbons (Fsp3) is 1.00. The first-order valence-corrected chi connectivity index (χ1v) is 3.20. The van der Waals surface area contributed by atoms with Crippen LogP contribution in [0.15, 0.2) is 0 Å². The first kappa shape index (κ1) is 10.7. The molecule has 68 valence electrons. The van der Waals surface area contributed by atoms with E-state index in [1.807, 2.05) is 0 Å². The molecular formula is C6H10F4O. The minimum absolute atomic E-state index is 0.701. The van der Waals surface area contributed by atoms with E-state index in [4.69, 9.17) is 0 Å². The highest BCUT2D eigenvalue weighted by Crippen LogP contribution is 2.20. The average Bonchev–Trinajstić information content (AvgIpc) is 1.84. The van der Waals surface area contributed by atoms with Crippen molar-refractivity contribution in [3.05, 3.63) is 0 Å². The topological polar surface area (TPSA) is 9.23 Å². The van der Waals surface area contributed by atoms with E-state index in [0.29, 0.717) is 0 Å². The van der Waals surface area contributed by atoms with Gasteiger partial charge < -0.3 is 4.74 Å². The summed E-state index contributed by atoms with van der Waals surface area (Å²) in [4.78, 5) is 0. The highest BCUT2D eigenvalue weighted by Gasteiger charge is 2.29. The van der Waals surface area contributed by atoms with Crippen LogP contribution in [0.3, 0.4) is 0 Å². The lowest BCUT2D eigenvalue weighted by molar-refractivity contribution is -0.248.